The van der Waals surface area contributed by atoms with Gasteiger partial charge in [-0.15, -0.1) is 0 Å². The lowest BCUT2D eigenvalue weighted by molar-refractivity contribution is -0.131. The topological polar surface area (TPSA) is 118 Å². The molecule has 0 saturated carbocycles. The summed E-state index contributed by atoms with van der Waals surface area (Å²) < 4.78 is 52.3. The summed E-state index contributed by atoms with van der Waals surface area (Å²) in [6, 6.07) is 3.64. The summed E-state index contributed by atoms with van der Waals surface area (Å²) in [5.74, 6) is -0.962. The summed E-state index contributed by atoms with van der Waals surface area (Å²) >= 11 is 0. The van der Waals surface area contributed by atoms with Crippen LogP contribution < -0.4 is 10.1 Å². The normalized spacial score (nSPS) is 15.4. The summed E-state index contributed by atoms with van der Waals surface area (Å²) in [4.78, 5) is 29.4. The van der Waals surface area contributed by atoms with E-state index in [9.17, 15) is 22.4 Å². The van der Waals surface area contributed by atoms with Gasteiger partial charge in [0.05, 0.1) is 12.0 Å². The van der Waals surface area contributed by atoms with E-state index in [1.165, 1.54) is 34.6 Å². The SMILES string of the molecule is COc1nccc2c(S(=O)(=O)N3CCN(C(=O)CNC(=O)OC(C)(C)C)CC3)cc(F)cc12. The number of rotatable bonds is 5. The van der Waals surface area contributed by atoms with E-state index in [0.717, 1.165) is 6.07 Å². The number of methoxy groups -OCH3 is 1. The third-order valence-corrected chi connectivity index (χ3v) is 6.89. The highest BCUT2D eigenvalue weighted by Gasteiger charge is 2.32. The summed E-state index contributed by atoms with van der Waals surface area (Å²) in [6.45, 7) is 5.19. The molecule has 2 aromatic rings. The second-order valence-electron chi connectivity index (χ2n) is 8.46. The molecule has 0 radical (unpaired) electrons. The molecule has 1 aromatic heterocycles. The molecule has 2 heterocycles. The molecule has 0 unspecified atom stereocenters. The van der Waals surface area contributed by atoms with E-state index in [1.807, 2.05) is 0 Å². The number of nitrogens with zero attached hydrogens (tertiary/aromatic N) is 3. The number of amides is 2. The fourth-order valence-electron chi connectivity index (χ4n) is 3.46. The number of pyridine rings is 1. The summed E-state index contributed by atoms with van der Waals surface area (Å²) in [5, 5.41) is 2.94. The number of carbonyl (C=O) groups is 2. The van der Waals surface area contributed by atoms with Gasteiger partial charge in [-0.1, -0.05) is 0 Å². The largest absolute Gasteiger partial charge is 0.481 e. The molecule has 1 aliphatic rings. The Hall–Kier alpha value is -2.99. The first-order valence-corrected chi connectivity index (χ1v) is 11.7. The molecule has 12 heteroatoms. The fraction of sp³-hybridized carbons (Fsp3) is 0.476. The van der Waals surface area contributed by atoms with Crippen molar-refractivity contribution >= 4 is 32.8 Å². The lowest BCUT2D eigenvalue weighted by atomic mass is 10.1. The number of nitrogens with one attached hydrogen (secondary N) is 1. The molecule has 0 bridgehead atoms. The molecule has 0 spiro atoms. The Balaban J connectivity index is 1.70. The maximum Gasteiger partial charge on any atom is 0.408 e. The van der Waals surface area contributed by atoms with E-state index in [4.69, 9.17) is 9.47 Å². The van der Waals surface area contributed by atoms with E-state index in [0.29, 0.717) is 5.39 Å². The second-order valence-corrected chi connectivity index (χ2v) is 10.4. The van der Waals surface area contributed by atoms with Crippen LogP contribution in [0.1, 0.15) is 20.8 Å². The Labute approximate surface area is 191 Å². The first-order valence-electron chi connectivity index (χ1n) is 10.3. The molecule has 2 amide bonds. The van der Waals surface area contributed by atoms with Gasteiger partial charge < -0.3 is 19.7 Å². The molecule has 0 aliphatic carbocycles. The molecule has 10 nitrogen and oxygen atoms in total. The third-order valence-electron chi connectivity index (χ3n) is 4.96. The van der Waals surface area contributed by atoms with Crippen molar-refractivity contribution in [3.05, 3.63) is 30.2 Å². The van der Waals surface area contributed by atoms with Crippen molar-refractivity contribution in [2.45, 2.75) is 31.3 Å². The number of aromatic nitrogens is 1. The van der Waals surface area contributed by atoms with Crippen LogP contribution in [0.2, 0.25) is 0 Å². The Morgan fingerprint density at radius 2 is 1.82 bits per heavy atom. The molecule has 33 heavy (non-hydrogen) atoms. The maximum absolute atomic E-state index is 14.3. The van der Waals surface area contributed by atoms with Gasteiger partial charge in [-0.2, -0.15) is 4.31 Å². The van der Waals surface area contributed by atoms with Crippen molar-refractivity contribution in [3.63, 3.8) is 0 Å². The summed E-state index contributed by atoms with van der Waals surface area (Å²) in [7, 11) is -2.68. The lowest BCUT2D eigenvalue weighted by Crippen LogP contribution is -2.52. The number of benzene rings is 1. The monoisotopic (exact) mass is 482 g/mol. The number of sulfonamides is 1. The zero-order chi connectivity index (χ0) is 24.4. The standard InChI is InChI=1S/C21H27FN4O6S/c1-21(2,3)32-20(28)24-13-18(27)25-7-9-26(10-8-25)33(29,30)17-12-14(22)11-16-15(17)5-6-23-19(16)31-4/h5-6,11-12H,7-10,13H2,1-4H3,(H,24,28). The third kappa shape index (κ3) is 5.69. The first kappa shape index (κ1) is 24.6. The zero-order valence-corrected chi connectivity index (χ0v) is 19.7. The highest BCUT2D eigenvalue weighted by atomic mass is 32.2. The second kappa shape index (κ2) is 9.48. The van der Waals surface area contributed by atoms with Gasteiger partial charge in [0.15, 0.2) is 0 Å². The van der Waals surface area contributed by atoms with Crippen molar-refractivity contribution in [2.24, 2.45) is 0 Å². The molecular weight excluding hydrogens is 455 g/mol. The molecule has 1 aromatic carbocycles. The highest BCUT2D eigenvalue weighted by Crippen LogP contribution is 2.31. The summed E-state index contributed by atoms with van der Waals surface area (Å²) in [6.07, 6.45) is 0.687. The Morgan fingerprint density at radius 1 is 1.15 bits per heavy atom. The van der Waals surface area contributed by atoms with E-state index in [1.54, 1.807) is 20.8 Å². The van der Waals surface area contributed by atoms with Crippen LogP contribution >= 0.6 is 0 Å². The van der Waals surface area contributed by atoms with Gasteiger partial charge in [-0.25, -0.2) is 22.6 Å². The van der Waals surface area contributed by atoms with E-state index in [2.05, 4.69) is 10.3 Å². The molecule has 180 valence electrons. The Kier molecular flexibility index (Phi) is 7.08. The Bertz CT molecular complexity index is 1160. The average molecular weight is 483 g/mol. The van der Waals surface area contributed by atoms with Crippen molar-refractivity contribution in [2.75, 3.05) is 39.8 Å². The van der Waals surface area contributed by atoms with Gasteiger partial charge in [0, 0.05) is 43.1 Å². The predicted octanol–water partition coefficient (Wildman–Crippen LogP) is 1.74. The van der Waals surface area contributed by atoms with Crippen LogP contribution in [0, 0.1) is 5.82 Å². The molecule has 1 aliphatic heterocycles. The quantitative estimate of drug-likeness (QED) is 0.690. The average Bonchev–Trinajstić information content (AvgIpc) is 2.75. The van der Waals surface area contributed by atoms with Gasteiger partial charge in [-0.05, 0) is 39.0 Å². The molecular formula is C21H27FN4O6S. The van der Waals surface area contributed by atoms with Gasteiger partial charge in [-0.3, -0.25) is 4.79 Å². The number of piperazine rings is 1. The van der Waals surface area contributed by atoms with Crippen LogP contribution in [0.25, 0.3) is 10.8 Å². The minimum Gasteiger partial charge on any atom is -0.481 e. The van der Waals surface area contributed by atoms with Gasteiger partial charge >= 0.3 is 6.09 Å². The van der Waals surface area contributed by atoms with E-state index < -0.39 is 27.5 Å². The number of hydrogen-bond acceptors (Lipinski definition) is 7. The van der Waals surface area contributed by atoms with E-state index in [-0.39, 0.29) is 54.8 Å². The number of carbonyl (C=O) groups excluding carboxylic acids is 2. The van der Waals surface area contributed by atoms with Crippen LogP contribution in [0.15, 0.2) is 29.3 Å². The van der Waals surface area contributed by atoms with Crippen molar-refractivity contribution in [1.29, 1.82) is 0 Å². The van der Waals surface area contributed by atoms with Crippen LogP contribution in [0.4, 0.5) is 9.18 Å². The molecule has 0 atom stereocenters. The fourth-order valence-corrected chi connectivity index (χ4v) is 5.10. The minimum absolute atomic E-state index is 0.0285. The first-order chi connectivity index (χ1) is 15.4. The number of hydrogen-bond donors (Lipinski definition) is 1. The van der Waals surface area contributed by atoms with Gasteiger partial charge in [0.2, 0.25) is 21.8 Å². The van der Waals surface area contributed by atoms with Gasteiger partial charge in [0.1, 0.15) is 18.0 Å². The maximum atomic E-state index is 14.3. The number of fused-ring (bicyclic) bond motifs is 1. The molecule has 3 rings (SSSR count). The summed E-state index contributed by atoms with van der Waals surface area (Å²) in [5.41, 5.74) is -0.686. The lowest BCUT2D eigenvalue weighted by Gasteiger charge is -2.34. The molecule has 1 N–H and O–H groups in total. The number of alkyl carbamates (subject to hydrolysis) is 1. The van der Waals surface area contributed by atoms with Crippen LogP contribution in [0.3, 0.4) is 0 Å². The number of ether oxygens (including phenoxy) is 2. The van der Waals surface area contributed by atoms with Crippen LogP contribution in [-0.2, 0) is 19.6 Å². The van der Waals surface area contributed by atoms with Crippen LogP contribution in [-0.4, -0.2) is 80.0 Å². The van der Waals surface area contributed by atoms with Crippen molar-refractivity contribution in [3.8, 4) is 5.88 Å². The molecule has 1 fully saturated rings. The minimum atomic E-state index is -4.05. The highest BCUT2D eigenvalue weighted by molar-refractivity contribution is 7.89. The molecule has 1 saturated heterocycles. The van der Waals surface area contributed by atoms with E-state index >= 15 is 0 Å². The van der Waals surface area contributed by atoms with Crippen molar-refractivity contribution in [1.82, 2.24) is 19.5 Å². The predicted molar refractivity (Wildman–Crippen MR) is 118 cm³/mol. The smallest absolute Gasteiger partial charge is 0.408 e. The van der Waals surface area contributed by atoms with Crippen molar-refractivity contribution < 1.29 is 31.9 Å². The number of halogens is 1. The Morgan fingerprint density at radius 3 is 2.42 bits per heavy atom. The zero-order valence-electron chi connectivity index (χ0n) is 18.9. The van der Waals surface area contributed by atoms with Gasteiger partial charge in [0.25, 0.3) is 0 Å². The van der Waals surface area contributed by atoms with Crippen LogP contribution in [0.5, 0.6) is 5.88 Å².